The van der Waals surface area contributed by atoms with E-state index in [4.69, 9.17) is 0 Å². The van der Waals surface area contributed by atoms with E-state index in [1.807, 2.05) is 53.2 Å². The third-order valence-corrected chi connectivity index (χ3v) is 5.34. The van der Waals surface area contributed by atoms with Gasteiger partial charge >= 0.3 is 5.69 Å². The Kier molecular flexibility index (Phi) is 4.66. The number of carbonyl (C=O) groups is 1. The van der Waals surface area contributed by atoms with Crippen molar-refractivity contribution in [1.29, 1.82) is 0 Å². The smallest absolute Gasteiger partial charge is 0.346 e. The zero-order valence-electron chi connectivity index (χ0n) is 16.4. The van der Waals surface area contributed by atoms with Crippen molar-refractivity contribution in [2.75, 3.05) is 6.54 Å². The van der Waals surface area contributed by atoms with Crippen LogP contribution in [0.2, 0.25) is 0 Å². The van der Waals surface area contributed by atoms with Crippen LogP contribution in [0.3, 0.4) is 0 Å². The van der Waals surface area contributed by atoms with Gasteiger partial charge in [0.05, 0.1) is 6.54 Å². The molecule has 1 saturated carbocycles. The summed E-state index contributed by atoms with van der Waals surface area (Å²) < 4.78 is 5.11. The first kappa shape index (κ1) is 18.4. The molecule has 0 saturated heterocycles. The average Bonchev–Trinajstić information content (AvgIpc) is 3.45. The normalized spacial score (nSPS) is 13.6. The summed E-state index contributed by atoms with van der Waals surface area (Å²) in [5, 5.41) is 8.52. The maximum absolute atomic E-state index is 12.8. The monoisotopic (exact) mass is 402 g/mol. The van der Waals surface area contributed by atoms with E-state index >= 15 is 0 Å². The van der Waals surface area contributed by atoms with Gasteiger partial charge in [-0.25, -0.2) is 9.48 Å². The van der Waals surface area contributed by atoms with Crippen molar-refractivity contribution in [2.45, 2.75) is 32.0 Å². The minimum absolute atomic E-state index is 0.0986. The summed E-state index contributed by atoms with van der Waals surface area (Å²) in [6.45, 7) is 0.899. The topological polar surface area (TPSA) is 86.7 Å². The Morgan fingerprint density at radius 2 is 2.00 bits per heavy atom. The van der Waals surface area contributed by atoms with E-state index in [1.165, 1.54) is 4.68 Å². The maximum atomic E-state index is 12.8. The van der Waals surface area contributed by atoms with E-state index < -0.39 is 0 Å². The number of hydrogen-bond donors (Lipinski definition) is 1. The van der Waals surface area contributed by atoms with Crippen LogP contribution in [-0.2, 0) is 17.9 Å². The van der Waals surface area contributed by atoms with Crippen molar-refractivity contribution in [2.24, 2.45) is 0 Å². The van der Waals surface area contributed by atoms with Gasteiger partial charge in [0, 0.05) is 42.3 Å². The second-order valence-corrected chi connectivity index (χ2v) is 7.52. The van der Waals surface area contributed by atoms with Gasteiger partial charge in [0.1, 0.15) is 6.54 Å². The number of aromatic nitrogens is 5. The van der Waals surface area contributed by atoms with Crippen LogP contribution in [0.4, 0.5) is 0 Å². The first-order valence-electron chi connectivity index (χ1n) is 10.1. The molecule has 30 heavy (non-hydrogen) atoms. The number of pyridine rings is 1. The highest BCUT2D eigenvalue weighted by atomic mass is 16.2. The van der Waals surface area contributed by atoms with Crippen LogP contribution >= 0.6 is 0 Å². The highest BCUT2D eigenvalue weighted by Crippen LogP contribution is 2.36. The lowest BCUT2D eigenvalue weighted by molar-refractivity contribution is -0.121. The van der Waals surface area contributed by atoms with E-state index in [2.05, 4.69) is 15.4 Å². The van der Waals surface area contributed by atoms with Crippen LogP contribution in [0.5, 0.6) is 0 Å². The molecule has 0 radical (unpaired) electrons. The highest BCUT2D eigenvalue weighted by Gasteiger charge is 2.30. The van der Waals surface area contributed by atoms with Crippen LogP contribution in [0, 0.1) is 0 Å². The van der Waals surface area contributed by atoms with E-state index in [9.17, 15) is 9.59 Å². The quantitative estimate of drug-likeness (QED) is 0.514. The molecule has 1 fully saturated rings. The predicted octanol–water partition coefficient (Wildman–Crippen LogP) is 2.21. The molecular weight excluding hydrogens is 380 g/mol. The average molecular weight is 402 g/mol. The number of rotatable bonds is 7. The number of carbonyl (C=O) groups excluding carboxylic acids is 1. The van der Waals surface area contributed by atoms with E-state index in [1.54, 1.807) is 17.0 Å². The van der Waals surface area contributed by atoms with Gasteiger partial charge < -0.3 is 9.88 Å². The number of fused-ring (bicyclic) bond motifs is 1. The van der Waals surface area contributed by atoms with Crippen molar-refractivity contribution < 1.29 is 4.79 Å². The summed E-state index contributed by atoms with van der Waals surface area (Å²) in [6.07, 6.45) is 7.30. The van der Waals surface area contributed by atoms with Gasteiger partial charge in [-0.05, 0) is 42.5 Å². The standard InChI is InChI=1S/C22H22N6O2/c29-20(15-26-12-9-16-4-1-2-6-19(16)26)24-11-13-27-22(30)28(18-7-8-18)21(25-27)17-5-3-10-23-14-17/h1-6,9-10,12,14,18H,7-8,11,13,15H2,(H,24,29). The third kappa shape index (κ3) is 3.52. The first-order valence-corrected chi connectivity index (χ1v) is 10.1. The zero-order chi connectivity index (χ0) is 20.5. The Hall–Kier alpha value is -3.68. The molecule has 1 amide bonds. The van der Waals surface area contributed by atoms with Gasteiger partial charge in [-0.15, -0.1) is 5.10 Å². The molecule has 0 atom stereocenters. The molecule has 1 aliphatic rings. The Balaban J connectivity index is 1.26. The summed E-state index contributed by atoms with van der Waals surface area (Å²) >= 11 is 0. The maximum Gasteiger partial charge on any atom is 0.346 e. The molecule has 152 valence electrons. The predicted molar refractivity (Wildman–Crippen MR) is 113 cm³/mol. The van der Waals surface area contributed by atoms with Crippen molar-refractivity contribution in [1.82, 2.24) is 29.2 Å². The number of nitrogens with one attached hydrogen (secondary N) is 1. The summed E-state index contributed by atoms with van der Waals surface area (Å²) in [6, 6.07) is 13.9. The molecule has 3 aromatic heterocycles. The van der Waals surface area contributed by atoms with Gasteiger partial charge in [-0.3, -0.25) is 14.3 Å². The highest BCUT2D eigenvalue weighted by molar-refractivity contribution is 5.83. The summed E-state index contributed by atoms with van der Waals surface area (Å²) in [4.78, 5) is 29.4. The molecule has 0 aliphatic heterocycles. The number of nitrogens with zero attached hydrogens (tertiary/aromatic N) is 5. The molecule has 1 N–H and O–H groups in total. The number of para-hydroxylation sites is 1. The molecule has 0 unspecified atom stereocenters. The second kappa shape index (κ2) is 7.62. The van der Waals surface area contributed by atoms with Crippen LogP contribution < -0.4 is 11.0 Å². The van der Waals surface area contributed by atoms with E-state index in [0.717, 1.165) is 29.3 Å². The fourth-order valence-corrected chi connectivity index (χ4v) is 3.71. The minimum atomic E-state index is -0.137. The van der Waals surface area contributed by atoms with Crippen molar-refractivity contribution >= 4 is 16.8 Å². The lowest BCUT2D eigenvalue weighted by Gasteiger charge is -2.07. The van der Waals surface area contributed by atoms with Gasteiger partial charge in [-0.2, -0.15) is 0 Å². The third-order valence-electron chi connectivity index (χ3n) is 5.34. The van der Waals surface area contributed by atoms with Crippen molar-refractivity contribution in [3.8, 4) is 11.4 Å². The van der Waals surface area contributed by atoms with Crippen molar-refractivity contribution in [3.05, 3.63) is 71.5 Å². The van der Waals surface area contributed by atoms with Crippen LogP contribution in [-0.4, -0.2) is 36.4 Å². The lowest BCUT2D eigenvalue weighted by Crippen LogP contribution is -2.33. The largest absolute Gasteiger partial charge is 0.353 e. The molecule has 1 aromatic carbocycles. The Morgan fingerprint density at radius 3 is 2.80 bits per heavy atom. The van der Waals surface area contributed by atoms with Crippen molar-refractivity contribution in [3.63, 3.8) is 0 Å². The summed E-state index contributed by atoms with van der Waals surface area (Å²) in [5.74, 6) is 0.541. The zero-order valence-corrected chi connectivity index (χ0v) is 16.4. The fourth-order valence-electron chi connectivity index (χ4n) is 3.71. The molecule has 8 heteroatoms. The van der Waals surface area contributed by atoms with Gasteiger partial charge in [0.15, 0.2) is 5.82 Å². The number of hydrogen-bond acceptors (Lipinski definition) is 4. The first-order chi connectivity index (χ1) is 14.7. The Morgan fingerprint density at radius 1 is 1.13 bits per heavy atom. The lowest BCUT2D eigenvalue weighted by atomic mass is 10.2. The van der Waals surface area contributed by atoms with Gasteiger partial charge in [0.2, 0.25) is 5.91 Å². The van der Waals surface area contributed by atoms with Gasteiger partial charge in [-0.1, -0.05) is 18.2 Å². The molecule has 5 rings (SSSR count). The molecule has 4 aromatic rings. The summed E-state index contributed by atoms with van der Waals surface area (Å²) in [5.41, 5.74) is 1.71. The van der Waals surface area contributed by atoms with E-state index in [-0.39, 0.29) is 24.2 Å². The Labute approximate surface area is 172 Å². The molecule has 3 heterocycles. The molecule has 0 bridgehead atoms. The molecule has 1 aliphatic carbocycles. The molecule has 8 nitrogen and oxygen atoms in total. The Bertz CT molecular complexity index is 1250. The second-order valence-electron chi connectivity index (χ2n) is 7.52. The molecular formula is C22H22N6O2. The SMILES string of the molecule is O=C(Cn1ccc2ccccc21)NCCn1nc(-c2cccnc2)n(C2CC2)c1=O. The van der Waals surface area contributed by atoms with E-state index in [0.29, 0.717) is 18.9 Å². The van der Waals surface area contributed by atoms with Crippen LogP contribution in [0.25, 0.3) is 22.3 Å². The van der Waals surface area contributed by atoms with Crippen LogP contribution in [0.15, 0.2) is 65.8 Å². The van der Waals surface area contributed by atoms with Gasteiger partial charge in [0.25, 0.3) is 0 Å². The number of amides is 1. The summed E-state index contributed by atoms with van der Waals surface area (Å²) in [7, 11) is 0. The number of benzene rings is 1. The molecule has 0 spiro atoms. The minimum Gasteiger partial charge on any atom is -0.353 e. The van der Waals surface area contributed by atoms with Crippen LogP contribution in [0.1, 0.15) is 18.9 Å². The fraction of sp³-hybridized carbons (Fsp3) is 0.273.